The molecule has 2 aliphatic heterocycles. The van der Waals surface area contributed by atoms with Gasteiger partial charge in [-0.2, -0.15) is 0 Å². The molecule has 0 saturated carbocycles. The van der Waals surface area contributed by atoms with Gasteiger partial charge in [-0.3, -0.25) is 9.69 Å². The van der Waals surface area contributed by atoms with Gasteiger partial charge in [0.2, 0.25) is 5.91 Å². The lowest BCUT2D eigenvalue weighted by Crippen LogP contribution is -2.40. The van der Waals surface area contributed by atoms with Crippen LogP contribution in [0.2, 0.25) is 10.0 Å². The fraction of sp³-hybridized carbons (Fsp3) is 0.400. The number of benzene rings is 2. The van der Waals surface area contributed by atoms with E-state index in [0.717, 1.165) is 61.5 Å². The van der Waals surface area contributed by atoms with E-state index >= 15 is 0 Å². The Morgan fingerprint density at radius 2 is 1.94 bits per heavy atom. The molecule has 1 fully saturated rings. The first kappa shape index (κ1) is 22.2. The van der Waals surface area contributed by atoms with Crippen molar-refractivity contribution in [3.63, 3.8) is 0 Å². The predicted molar refractivity (Wildman–Crippen MR) is 128 cm³/mol. The van der Waals surface area contributed by atoms with Gasteiger partial charge in [0.05, 0.1) is 16.7 Å². The van der Waals surface area contributed by atoms with Crippen molar-refractivity contribution in [1.29, 1.82) is 0 Å². The van der Waals surface area contributed by atoms with Crippen LogP contribution in [-0.4, -0.2) is 36.5 Å². The van der Waals surface area contributed by atoms with Crippen LogP contribution in [0.15, 0.2) is 42.5 Å². The molecule has 1 atom stereocenters. The van der Waals surface area contributed by atoms with E-state index in [0.29, 0.717) is 28.4 Å². The molecule has 1 amide bonds. The highest BCUT2D eigenvalue weighted by Gasteiger charge is 2.22. The van der Waals surface area contributed by atoms with E-state index in [1.165, 1.54) is 0 Å². The van der Waals surface area contributed by atoms with E-state index in [2.05, 4.69) is 35.4 Å². The summed E-state index contributed by atoms with van der Waals surface area (Å²) in [6.45, 7) is 5.11. The van der Waals surface area contributed by atoms with Gasteiger partial charge in [0.1, 0.15) is 5.75 Å². The lowest BCUT2D eigenvalue weighted by atomic mass is 9.96. The molecule has 2 aromatic rings. The maximum atomic E-state index is 11.5. The highest BCUT2D eigenvalue weighted by Crippen LogP contribution is 2.28. The number of likely N-dealkylation sites (tertiary alicyclic amines) is 1. The van der Waals surface area contributed by atoms with Crippen molar-refractivity contribution in [3.8, 4) is 5.75 Å². The summed E-state index contributed by atoms with van der Waals surface area (Å²) in [6.07, 6.45) is 7.93. The van der Waals surface area contributed by atoms with Gasteiger partial charge in [0, 0.05) is 18.2 Å². The number of carbonyl (C=O) groups excluding carboxylic acids is 1. The summed E-state index contributed by atoms with van der Waals surface area (Å²) in [5.41, 5.74) is 3.14. The molecule has 31 heavy (non-hydrogen) atoms. The molecule has 4 rings (SSSR count). The predicted octanol–water partition coefficient (Wildman–Crippen LogP) is 6.07. The molecular formula is C25H28Cl2N2O2. The van der Waals surface area contributed by atoms with E-state index in [1.54, 1.807) is 0 Å². The van der Waals surface area contributed by atoms with Gasteiger partial charge in [-0.1, -0.05) is 41.4 Å². The van der Waals surface area contributed by atoms with Crippen molar-refractivity contribution in [3.05, 3.63) is 63.6 Å². The van der Waals surface area contributed by atoms with Gasteiger partial charge in [0.15, 0.2) is 0 Å². The molecule has 0 radical (unpaired) electrons. The van der Waals surface area contributed by atoms with Gasteiger partial charge < -0.3 is 10.1 Å². The summed E-state index contributed by atoms with van der Waals surface area (Å²) in [4.78, 5) is 14.0. The van der Waals surface area contributed by atoms with Crippen LogP contribution in [0.25, 0.3) is 6.08 Å². The molecule has 1 saturated heterocycles. The normalized spacial score (nSPS) is 18.6. The van der Waals surface area contributed by atoms with Crippen LogP contribution in [0.3, 0.4) is 0 Å². The largest absolute Gasteiger partial charge is 0.493 e. The third-order valence-electron chi connectivity index (χ3n) is 6.19. The number of fused-ring (bicyclic) bond motifs is 1. The molecule has 164 valence electrons. The third-order valence-corrected chi connectivity index (χ3v) is 6.93. The Morgan fingerprint density at radius 1 is 1.13 bits per heavy atom. The van der Waals surface area contributed by atoms with Crippen molar-refractivity contribution >= 4 is 40.9 Å². The quantitative estimate of drug-likeness (QED) is 0.570. The maximum Gasteiger partial charge on any atom is 0.224 e. The topological polar surface area (TPSA) is 41.6 Å². The summed E-state index contributed by atoms with van der Waals surface area (Å²) in [5, 5.41) is 4.08. The molecular weight excluding hydrogens is 431 g/mol. The van der Waals surface area contributed by atoms with Gasteiger partial charge in [0.25, 0.3) is 0 Å². The number of nitrogens with zero attached hydrogens (tertiary/aromatic N) is 1. The van der Waals surface area contributed by atoms with Gasteiger partial charge in [-0.05, 0) is 86.7 Å². The number of nitrogens with one attached hydrogen (secondary N) is 1. The molecule has 2 heterocycles. The number of carbonyl (C=O) groups is 1. The number of aryl methyl sites for hydroxylation is 1. The first-order valence-electron chi connectivity index (χ1n) is 10.9. The molecule has 0 spiro atoms. The Hall–Kier alpha value is -2.01. The molecule has 0 bridgehead atoms. The molecule has 2 aromatic carbocycles. The first-order valence-corrected chi connectivity index (χ1v) is 11.7. The highest BCUT2D eigenvalue weighted by molar-refractivity contribution is 6.42. The van der Waals surface area contributed by atoms with Crippen LogP contribution in [0, 0.1) is 5.92 Å². The molecule has 1 N–H and O–H groups in total. The van der Waals surface area contributed by atoms with Gasteiger partial charge in [-0.25, -0.2) is 0 Å². The Balaban J connectivity index is 1.23. The van der Waals surface area contributed by atoms with Crippen molar-refractivity contribution < 1.29 is 9.53 Å². The second kappa shape index (κ2) is 10.1. The van der Waals surface area contributed by atoms with Crippen LogP contribution in [-0.2, 0) is 11.2 Å². The first-order chi connectivity index (χ1) is 15.0. The highest BCUT2D eigenvalue weighted by atomic mass is 35.5. The zero-order valence-corrected chi connectivity index (χ0v) is 19.3. The molecule has 1 unspecified atom stereocenters. The monoisotopic (exact) mass is 458 g/mol. The number of amides is 1. The Kier molecular flexibility index (Phi) is 7.21. The maximum absolute atomic E-state index is 11.5. The van der Waals surface area contributed by atoms with E-state index in [4.69, 9.17) is 27.9 Å². The van der Waals surface area contributed by atoms with Gasteiger partial charge >= 0.3 is 0 Å². The Labute approximate surface area is 194 Å². The second-order valence-electron chi connectivity index (χ2n) is 8.43. The van der Waals surface area contributed by atoms with E-state index < -0.39 is 0 Å². The van der Waals surface area contributed by atoms with Crippen LogP contribution >= 0.6 is 23.2 Å². The Bertz CT molecular complexity index is 968. The zero-order valence-electron chi connectivity index (χ0n) is 17.7. The minimum Gasteiger partial charge on any atom is -0.493 e. The molecule has 6 heteroatoms. The average molecular weight is 459 g/mol. The SMILES string of the molecule is CC(/C=C/c1ccc(Cl)c(Cl)c1)N1CCC(COc2ccc3c(c2)CCC(=O)N3)CC1. The van der Waals surface area contributed by atoms with Crippen molar-refractivity contribution in [2.45, 2.75) is 38.6 Å². The summed E-state index contributed by atoms with van der Waals surface area (Å²) in [5.74, 6) is 1.56. The molecule has 4 nitrogen and oxygen atoms in total. The summed E-state index contributed by atoms with van der Waals surface area (Å²) in [6, 6.07) is 12.0. The molecule has 0 aliphatic carbocycles. The fourth-order valence-corrected chi connectivity index (χ4v) is 4.49. The van der Waals surface area contributed by atoms with Crippen LogP contribution in [0.1, 0.15) is 37.3 Å². The third kappa shape index (κ3) is 5.82. The van der Waals surface area contributed by atoms with Crippen molar-refractivity contribution in [1.82, 2.24) is 4.90 Å². The number of piperidine rings is 1. The number of anilines is 1. The zero-order chi connectivity index (χ0) is 21.8. The van der Waals surface area contributed by atoms with E-state index in [9.17, 15) is 4.79 Å². The summed E-state index contributed by atoms with van der Waals surface area (Å²) in [7, 11) is 0. The number of hydrogen-bond donors (Lipinski definition) is 1. The molecule has 0 aromatic heterocycles. The smallest absolute Gasteiger partial charge is 0.224 e. The minimum atomic E-state index is 0.0916. The van der Waals surface area contributed by atoms with E-state index in [-0.39, 0.29) is 5.91 Å². The van der Waals surface area contributed by atoms with Gasteiger partial charge in [-0.15, -0.1) is 0 Å². The molecule has 2 aliphatic rings. The summed E-state index contributed by atoms with van der Waals surface area (Å²) < 4.78 is 6.09. The minimum absolute atomic E-state index is 0.0916. The van der Waals surface area contributed by atoms with E-state index in [1.807, 2.05) is 30.3 Å². The number of halogens is 2. The number of hydrogen-bond acceptors (Lipinski definition) is 3. The summed E-state index contributed by atoms with van der Waals surface area (Å²) >= 11 is 12.1. The second-order valence-corrected chi connectivity index (χ2v) is 9.25. The average Bonchev–Trinajstić information content (AvgIpc) is 2.78. The fourth-order valence-electron chi connectivity index (χ4n) is 4.18. The lowest BCUT2D eigenvalue weighted by Gasteiger charge is -2.34. The van der Waals surface area contributed by atoms with Crippen LogP contribution < -0.4 is 10.1 Å². The number of ether oxygens (including phenoxy) is 1. The number of rotatable bonds is 6. The van der Waals surface area contributed by atoms with Crippen molar-refractivity contribution in [2.75, 3.05) is 25.0 Å². The Morgan fingerprint density at radius 3 is 2.71 bits per heavy atom. The standard InChI is InChI=1S/C25H28Cl2N2O2/c1-17(2-3-18-4-7-22(26)23(27)14-18)29-12-10-19(11-13-29)16-31-21-6-8-24-20(15-21)5-9-25(30)28-24/h2-4,6-8,14-15,17,19H,5,9-13,16H2,1H3,(H,28,30)/b3-2+. The van der Waals surface area contributed by atoms with Crippen LogP contribution in [0.5, 0.6) is 5.75 Å². The lowest BCUT2D eigenvalue weighted by molar-refractivity contribution is -0.116. The van der Waals surface area contributed by atoms with Crippen LogP contribution in [0.4, 0.5) is 5.69 Å². The van der Waals surface area contributed by atoms with Crippen molar-refractivity contribution in [2.24, 2.45) is 5.92 Å².